The third-order valence-electron chi connectivity index (χ3n) is 3.44. The van der Waals surface area contributed by atoms with Crippen LogP contribution in [0.15, 0.2) is 30.3 Å². The first kappa shape index (κ1) is 17.7. The lowest BCUT2D eigenvalue weighted by atomic mass is 9.99. The zero-order chi connectivity index (χ0) is 11.4. The van der Waals surface area contributed by atoms with Crippen molar-refractivity contribution in [1.29, 1.82) is 0 Å². The molecule has 0 amide bonds. The number of hydrogen-bond acceptors (Lipinski definition) is 2. The Morgan fingerprint density at radius 1 is 1.28 bits per heavy atom. The minimum atomic E-state index is 0. The highest BCUT2D eigenvalue weighted by Crippen LogP contribution is 2.18. The maximum Gasteiger partial charge on any atom is 0.0168 e. The van der Waals surface area contributed by atoms with E-state index < -0.39 is 0 Å². The Balaban J connectivity index is 0.00000144. The molecule has 2 N–H and O–H groups in total. The van der Waals surface area contributed by atoms with Gasteiger partial charge in [-0.15, -0.1) is 24.8 Å². The lowest BCUT2D eigenvalue weighted by Crippen LogP contribution is -2.44. The molecular weight excluding hydrogens is 267 g/mol. The van der Waals surface area contributed by atoms with Crippen LogP contribution in [-0.2, 0) is 0 Å². The summed E-state index contributed by atoms with van der Waals surface area (Å²) in [5.41, 5.74) is 7.43. The summed E-state index contributed by atoms with van der Waals surface area (Å²) in [5.74, 6) is 0.603. The predicted molar refractivity (Wildman–Crippen MR) is 83.0 cm³/mol. The molecule has 104 valence electrons. The molecule has 1 saturated heterocycles. The van der Waals surface area contributed by atoms with Crippen LogP contribution in [0.2, 0.25) is 0 Å². The molecule has 0 saturated carbocycles. The van der Waals surface area contributed by atoms with E-state index in [1.54, 1.807) is 0 Å². The Bertz CT molecular complexity index is 319. The van der Waals surface area contributed by atoms with Crippen molar-refractivity contribution in [2.24, 2.45) is 5.73 Å². The summed E-state index contributed by atoms with van der Waals surface area (Å²) in [6.45, 7) is 5.72. The average Bonchev–Trinajstić information content (AvgIpc) is 2.30. The molecule has 1 aromatic rings. The van der Waals surface area contributed by atoms with Gasteiger partial charge in [-0.05, 0) is 30.9 Å². The van der Waals surface area contributed by atoms with E-state index >= 15 is 0 Å². The van der Waals surface area contributed by atoms with Crippen molar-refractivity contribution >= 4 is 24.8 Å². The minimum Gasteiger partial charge on any atom is -0.327 e. The van der Waals surface area contributed by atoms with Gasteiger partial charge in [0, 0.05) is 19.1 Å². The van der Waals surface area contributed by atoms with Gasteiger partial charge < -0.3 is 10.6 Å². The lowest BCUT2D eigenvalue weighted by Gasteiger charge is -2.32. The first-order valence-electron chi connectivity index (χ1n) is 6.28. The molecule has 1 aliphatic heterocycles. The minimum absolute atomic E-state index is 0. The number of nitrogens with zero attached hydrogens (tertiary/aromatic N) is 1. The Labute approximate surface area is 123 Å². The number of likely N-dealkylation sites (tertiary alicyclic amines) is 1. The van der Waals surface area contributed by atoms with Gasteiger partial charge in [0.25, 0.3) is 0 Å². The van der Waals surface area contributed by atoms with Gasteiger partial charge in [-0.1, -0.05) is 37.3 Å². The molecule has 4 heteroatoms. The molecule has 1 unspecified atom stereocenters. The first-order valence-corrected chi connectivity index (χ1v) is 6.28. The monoisotopic (exact) mass is 290 g/mol. The summed E-state index contributed by atoms with van der Waals surface area (Å²) in [4.78, 5) is 2.51. The van der Waals surface area contributed by atoms with Gasteiger partial charge in [0.2, 0.25) is 0 Å². The third kappa shape index (κ3) is 5.15. The number of rotatable bonds is 3. The van der Waals surface area contributed by atoms with Gasteiger partial charge in [-0.25, -0.2) is 0 Å². The fourth-order valence-electron chi connectivity index (χ4n) is 2.53. The van der Waals surface area contributed by atoms with E-state index in [2.05, 4.69) is 42.2 Å². The van der Waals surface area contributed by atoms with Crippen LogP contribution in [0.25, 0.3) is 0 Å². The zero-order valence-corrected chi connectivity index (χ0v) is 12.6. The van der Waals surface area contributed by atoms with Crippen molar-refractivity contribution in [2.75, 3.05) is 19.6 Å². The van der Waals surface area contributed by atoms with Crippen molar-refractivity contribution in [3.8, 4) is 0 Å². The van der Waals surface area contributed by atoms with Crippen LogP contribution < -0.4 is 5.73 Å². The number of hydrogen-bond donors (Lipinski definition) is 1. The standard InChI is InChI=1S/C14H22N2.2ClH/c1-12(13-6-3-2-4-7-13)10-16-9-5-8-14(15)11-16;;/h2-4,6-7,12,14H,5,8-11,15H2,1H3;2*1H/t12?,14-;;/m1../s1. The molecule has 0 aliphatic carbocycles. The van der Waals surface area contributed by atoms with Crippen LogP contribution >= 0.6 is 24.8 Å². The second kappa shape index (κ2) is 8.76. The molecule has 0 spiro atoms. The maximum atomic E-state index is 6.00. The Morgan fingerprint density at radius 3 is 2.56 bits per heavy atom. The second-order valence-corrected chi connectivity index (χ2v) is 4.97. The van der Waals surface area contributed by atoms with Crippen LogP contribution in [0, 0.1) is 0 Å². The fraction of sp³-hybridized carbons (Fsp3) is 0.571. The van der Waals surface area contributed by atoms with Crippen molar-refractivity contribution < 1.29 is 0 Å². The SMILES string of the molecule is CC(CN1CCC[C@@H](N)C1)c1ccccc1.Cl.Cl. The quantitative estimate of drug-likeness (QED) is 0.927. The van der Waals surface area contributed by atoms with E-state index in [0.717, 1.165) is 13.1 Å². The Hall–Kier alpha value is -0.280. The van der Waals surface area contributed by atoms with E-state index in [4.69, 9.17) is 5.73 Å². The molecule has 0 radical (unpaired) electrons. The van der Waals surface area contributed by atoms with Crippen molar-refractivity contribution in [2.45, 2.75) is 31.7 Å². The summed E-state index contributed by atoms with van der Waals surface area (Å²) >= 11 is 0. The second-order valence-electron chi connectivity index (χ2n) is 4.97. The van der Waals surface area contributed by atoms with Gasteiger partial charge >= 0.3 is 0 Å². The van der Waals surface area contributed by atoms with Crippen LogP contribution in [0.1, 0.15) is 31.2 Å². The number of halogens is 2. The van der Waals surface area contributed by atoms with Crippen LogP contribution in [0.3, 0.4) is 0 Å². The first-order chi connectivity index (χ1) is 7.75. The van der Waals surface area contributed by atoms with Crippen LogP contribution in [-0.4, -0.2) is 30.6 Å². The molecular formula is C14H24Cl2N2. The lowest BCUT2D eigenvalue weighted by molar-refractivity contribution is 0.200. The Morgan fingerprint density at radius 2 is 1.94 bits per heavy atom. The summed E-state index contributed by atoms with van der Waals surface area (Å²) in [6.07, 6.45) is 2.44. The normalized spacial score (nSPS) is 21.6. The third-order valence-corrected chi connectivity index (χ3v) is 3.44. The van der Waals surface area contributed by atoms with E-state index in [1.807, 2.05) is 0 Å². The topological polar surface area (TPSA) is 29.3 Å². The van der Waals surface area contributed by atoms with Crippen molar-refractivity contribution in [3.05, 3.63) is 35.9 Å². The predicted octanol–water partition coefficient (Wildman–Crippen LogP) is 3.06. The van der Waals surface area contributed by atoms with Gasteiger partial charge in [-0.3, -0.25) is 0 Å². The molecule has 2 nitrogen and oxygen atoms in total. The molecule has 1 heterocycles. The summed E-state index contributed by atoms with van der Waals surface area (Å²) < 4.78 is 0. The highest BCUT2D eigenvalue weighted by Gasteiger charge is 2.18. The van der Waals surface area contributed by atoms with E-state index in [1.165, 1.54) is 24.9 Å². The van der Waals surface area contributed by atoms with E-state index in [9.17, 15) is 0 Å². The summed E-state index contributed by atoms with van der Waals surface area (Å²) in [6, 6.07) is 11.1. The van der Waals surface area contributed by atoms with E-state index in [-0.39, 0.29) is 24.8 Å². The fourth-order valence-corrected chi connectivity index (χ4v) is 2.53. The zero-order valence-electron chi connectivity index (χ0n) is 10.9. The number of piperidine rings is 1. The molecule has 1 aromatic carbocycles. The molecule has 0 aromatic heterocycles. The van der Waals surface area contributed by atoms with Gasteiger partial charge in [0.05, 0.1) is 0 Å². The number of nitrogens with two attached hydrogens (primary N) is 1. The van der Waals surface area contributed by atoms with E-state index in [0.29, 0.717) is 12.0 Å². The molecule has 2 rings (SSSR count). The van der Waals surface area contributed by atoms with Crippen LogP contribution in [0.5, 0.6) is 0 Å². The number of benzene rings is 1. The molecule has 18 heavy (non-hydrogen) atoms. The molecule has 1 aliphatic rings. The molecule has 1 fully saturated rings. The average molecular weight is 291 g/mol. The Kier molecular flexibility index (Phi) is 8.62. The van der Waals surface area contributed by atoms with Gasteiger partial charge in [-0.2, -0.15) is 0 Å². The highest BCUT2D eigenvalue weighted by atomic mass is 35.5. The van der Waals surface area contributed by atoms with Crippen molar-refractivity contribution in [3.63, 3.8) is 0 Å². The smallest absolute Gasteiger partial charge is 0.0168 e. The molecule has 0 bridgehead atoms. The summed E-state index contributed by atoms with van der Waals surface area (Å²) in [7, 11) is 0. The summed E-state index contributed by atoms with van der Waals surface area (Å²) in [5, 5.41) is 0. The van der Waals surface area contributed by atoms with Gasteiger partial charge in [0.1, 0.15) is 0 Å². The highest BCUT2D eigenvalue weighted by molar-refractivity contribution is 5.85. The van der Waals surface area contributed by atoms with Crippen LogP contribution in [0.4, 0.5) is 0 Å². The maximum absolute atomic E-state index is 6.00. The van der Waals surface area contributed by atoms with Crippen molar-refractivity contribution in [1.82, 2.24) is 4.90 Å². The van der Waals surface area contributed by atoms with Gasteiger partial charge in [0.15, 0.2) is 0 Å². The largest absolute Gasteiger partial charge is 0.327 e. The molecule has 2 atom stereocenters.